The summed E-state index contributed by atoms with van der Waals surface area (Å²) in [6, 6.07) is 6.57. The molecule has 0 spiro atoms. The smallest absolute Gasteiger partial charge is 0.127 e. The van der Waals surface area contributed by atoms with Crippen LogP contribution in [-0.4, -0.2) is 45.8 Å². The molecule has 0 aliphatic carbocycles. The summed E-state index contributed by atoms with van der Waals surface area (Å²) in [5.74, 6) is 2.40. The minimum absolute atomic E-state index is 0.412. The van der Waals surface area contributed by atoms with E-state index in [-0.39, 0.29) is 0 Å². The first-order valence-electron chi connectivity index (χ1n) is 7.84. The Morgan fingerprint density at radius 3 is 2.76 bits per heavy atom. The zero-order valence-electron chi connectivity index (χ0n) is 13.7. The molecule has 0 aromatic heterocycles. The second-order valence-corrected chi connectivity index (χ2v) is 5.79. The molecule has 1 fully saturated rings. The van der Waals surface area contributed by atoms with Crippen molar-refractivity contribution in [3.05, 3.63) is 23.8 Å². The largest absolute Gasteiger partial charge is 0.497 e. The Morgan fingerprint density at radius 1 is 1.29 bits per heavy atom. The summed E-state index contributed by atoms with van der Waals surface area (Å²) in [6.07, 6.45) is 2.41. The molecular formula is C17H28N2O2. The van der Waals surface area contributed by atoms with Crippen molar-refractivity contribution in [2.75, 3.05) is 40.9 Å². The van der Waals surface area contributed by atoms with E-state index in [0.717, 1.165) is 31.1 Å². The van der Waals surface area contributed by atoms with Crippen molar-refractivity contribution in [2.24, 2.45) is 5.92 Å². The third-order valence-electron chi connectivity index (χ3n) is 4.37. The highest BCUT2D eigenvalue weighted by Gasteiger charge is 2.34. The molecule has 1 heterocycles. The molecule has 1 aliphatic heterocycles. The van der Waals surface area contributed by atoms with Crippen LogP contribution in [0.2, 0.25) is 0 Å². The molecule has 0 amide bonds. The Kier molecular flexibility index (Phi) is 5.88. The van der Waals surface area contributed by atoms with E-state index in [2.05, 4.69) is 30.3 Å². The molecule has 4 nitrogen and oxygen atoms in total. The first kappa shape index (κ1) is 16.1. The zero-order valence-corrected chi connectivity index (χ0v) is 13.7. The zero-order chi connectivity index (χ0) is 15.2. The van der Waals surface area contributed by atoms with Gasteiger partial charge in [-0.25, -0.2) is 0 Å². The maximum absolute atomic E-state index is 5.60. The molecule has 1 aliphatic rings. The van der Waals surface area contributed by atoms with Gasteiger partial charge in [-0.2, -0.15) is 0 Å². The van der Waals surface area contributed by atoms with Crippen LogP contribution in [0, 0.1) is 5.92 Å². The van der Waals surface area contributed by atoms with E-state index in [1.54, 1.807) is 14.2 Å². The monoisotopic (exact) mass is 292 g/mol. The van der Waals surface area contributed by atoms with Crippen LogP contribution in [0.5, 0.6) is 11.5 Å². The number of methoxy groups -OCH3 is 2. The summed E-state index contributed by atoms with van der Waals surface area (Å²) in [5, 5.41) is 3.57. The average Bonchev–Trinajstić information content (AvgIpc) is 2.87. The predicted molar refractivity (Wildman–Crippen MR) is 86.2 cm³/mol. The quantitative estimate of drug-likeness (QED) is 0.784. The van der Waals surface area contributed by atoms with Crippen molar-refractivity contribution in [2.45, 2.75) is 25.8 Å². The Morgan fingerprint density at radius 2 is 2.10 bits per heavy atom. The average molecular weight is 292 g/mol. The van der Waals surface area contributed by atoms with Crippen molar-refractivity contribution >= 4 is 0 Å². The number of nitrogens with zero attached hydrogens (tertiary/aromatic N) is 1. The molecule has 0 saturated carbocycles. The van der Waals surface area contributed by atoms with Crippen molar-refractivity contribution in [1.29, 1.82) is 0 Å². The Balaban J connectivity index is 2.20. The second-order valence-electron chi connectivity index (χ2n) is 5.79. The van der Waals surface area contributed by atoms with Gasteiger partial charge in [-0.1, -0.05) is 13.0 Å². The predicted octanol–water partition coefficient (Wildman–Crippen LogP) is 2.70. The lowest BCUT2D eigenvalue weighted by molar-refractivity contribution is 0.263. The van der Waals surface area contributed by atoms with Gasteiger partial charge in [0.25, 0.3) is 0 Å². The maximum atomic E-state index is 5.60. The van der Waals surface area contributed by atoms with Crippen LogP contribution in [-0.2, 0) is 0 Å². The summed E-state index contributed by atoms with van der Waals surface area (Å²) in [5.41, 5.74) is 1.27. The van der Waals surface area contributed by atoms with Gasteiger partial charge in [-0.05, 0) is 51.5 Å². The highest BCUT2D eigenvalue weighted by Crippen LogP contribution is 2.41. The van der Waals surface area contributed by atoms with Gasteiger partial charge in [-0.15, -0.1) is 0 Å². The number of hydrogen-bond donors (Lipinski definition) is 1. The van der Waals surface area contributed by atoms with Crippen molar-refractivity contribution in [3.8, 4) is 11.5 Å². The van der Waals surface area contributed by atoms with E-state index < -0.39 is 0 Å². The summed E-state index contributed by atoms with van der Waals surface area (Å²) in [6.45, 7) is 5.50. The second kappa shape index (κ2) is 7.66. The highest BCUT2D eigenvalue weighted by molar-refractivity contribution is 5.43. The maximum Gasteiger partial charge on any atom is 0.127 e. The SMILES string of the molecule is CCCNCC1CCN(C)C1c1ccc(OC)cc1OC. The van der Waals surface area contributed by atoms with E-state index >= 15 is 0 Å². The molecule has 1 aromatic rings. The molecule has 2 unspecified atom stereocenters. The lowest BCUT2D eigenvalue weighted by Crippen LogP contribution is -2.29. The molecule has 21 heavy (non-hydrogen) atoms. The van der Waals surface area contributed by atoms with Gasteiger partial charge < -0.3 is 14.8 Å². The molecule has 1 N–H and O–H groups in total. The van der Waals surface area contributed by atoms with Gasteiger partial charge in [0.2, 0.25) is 0 Å². The topological polar surface area (TPSA) is 33.7 Å². The van der Waals surface area contributed by atoms with Crippen LogP contribution in [0.3, 0.4) is 0 Å². The summed E-state index contributed by atoms with van der Waals surface area (Å²) in [7, 11) is 5.62. The molecular weight excluding hydrogens is 264 g/mol. The number of ether oxygens (including phenoxy) is 2. The standard InChI is InChI=1S/C17H28N2O2/c1-5-9-18-12-13-8-10-19(2)17(13)15-7-6-14(20-3)11-16(15)21-4/h6-7,11,13,17-18H,5,8-10,12H2,1-4H3. The van der Waals surface area contributed by atoms with E-state index in [0.29, 0.717) is 12.0 Å². The van der Waals surface area contributed by atoms with E-state index in [1.165, 1.54) is 18.4 Å². The lowest BCUT2D eigenvalue weighted by Gasteiger charge is -2.27. The molecule has 2 atom stereocenters. The molecule has 4 heteroatoms. The van der Waals surface area contributed by atoms with Gasteiger partial charge >= 0.3 is 0 Å². The molecule has 0 radical (unpaired) electrons. The first-order chi connectivity index (χ1) is 10.2. The number of rotatable bonds is 7. The number of hydrogen-bond acceptors (Lipinski definition) is 4. The van der Waals surface area contributed by atoms with Gasteiger partial charge in [-0.3, -0.25) is 4.90 Å². The van der Waals surface area contributed by atoms with E-state index in [9.17, 15) is 0 Å². The Labute approximate surface area is 128 Å². The fraction of sp³-hybridized carbons (Fsp3) is 0.647. The normalized spacial score (nSPS) is 22.5. The molecule has 1 aromatic carbocycles. The van der Waals surface area contributed by atoms with Crippen molar-refractivity contribution in [3.63, 3.8) is 0 Å². The third-order valence-corrected chi connectivity index (χ3v) is 4.37. The Hall–Kier alpha value is -1.26. The fourth-order valence-electron chi connectivity index (χ4n) is 3.26. The van der Waals surface area contributed by atoms with Crippen molar-refractivity contribution in [1.82, 2.24) is 10.2 Å². The van der Waals surface area contributed by atoms with Crippen LogP contribution in [0.25, 0.3) is 0 Å². The molecule has 2 rings (SSSR count). The summed E-state index contributed by atoms with van der Waals surface area (Å²) >= 11 is 0. The Bertz CT molecular complexity index is 450. The van der Waals surface area contributed by atoms with Gasteiger partial charge in [0, 0.05) is 17.7 Å². The van der Waals surface area contributed by atoms with Gasteiger partial charge in [0.1, 0.15) is 11.5 Å². The summed E-state index contributed by atoms with van der Waals surface area (Å²) < 4.78 is 10.9. The van der Waals surface area contributed by atoms with Gasteiger partial charge in [0.05, 0.1) is 14.2 Å². The van der Waals surface area contributed by atoms with Crippen molar-refractivity contribution < 1.29 is 9.47 Å². The molecule has 0 bridgehead atoms. The number of likely N-dealkylation sites (tertiary alicyclic amines) is 1. The van der Waals surface area contributed by atoms with Crippen LogP contribution in [0.4, 0.5) is 0 Å². The highest BCUT2D eigenvalue weighted by atomic mass is 16.5. The number of nitrogens with one attached hydrogen (secondary N) is 1. The first-order valence-corrected chi connectivity index (χ1v) is 7.84. The fourth-order valence-corrected chi connectivity index (χ4v) is 3.26. The molecule has 118 valence electrons. The third kappa shape index (κ3) is 3.69. The van der Waals surface area contributed by atoms with Crippen LogP contribution in [0.1, 0.15) is 31.4 Å². The number of benzene rings is 1. The lowest BCUT2D eigenvalue weighted by atomic mass is 9.93. The molecule has 1 saturated heterocycles. The van der Waals surface area contributed by atoms with E-state index in [4.69, 9.17) is 9.47 Å². The van der Waals surface area contributed by atoms with Gasteiger partial charge in [0.15, 0.2) is 0 Å². The summed E-state index contributed by atoms with van der Waals surface area (Å²) in [4.78, 5) is 2.43. The van der Waals surface area contributed by atoms with Crippen LogP contribution < -0.4 is 14.8 Å². The minimum Gasteiger partial charge on any atom is -0.497 e. The van der Waals surface area contributed by atoms with Crippen LogP contribution in [0.15, 0.2) is 18.2 Å². The van der Waals surface area contributed by atoms with Crippen LogP contribution >= 0.6 is 0 Å². The van der Waals surface area contributed by atoms with E-state index in [1.807, 2.05) is 12.1 Å². The minimum atomic E-state index is 0.412.